The van der Waals surface area contributed by atoms with Gasteiger partial charge in [0.05, 0.1) is 17.6 Å². The van der Waals surface area contributed by atoms with E-state index in [1.807, 2.05) is 40.0 Å². The van der Waals surface area contributed by atoms with Crippen LogP contribution in [0.1, 0.15) is 27.3 Å². The van der Waals surface area contributed by atoms with Crippen LogP contribution in [0.3, 0.4) is 0 Å². The Morgan fingerprint density at radius 2 is 2.04 bits per heavy atom. The van der Waals surface area contributed by atoms with Crippen molar-refractivity contribution in [2.75, 3.05) is 5.32 Å². The van der Waals surface area contributed by atoms with Gasteiger partial charge in [-0.2, -0.15) is 10.2 Å². The van der Waals surface area contributed by atoms with Gasteiger partial charge in [0.25, 0.3) is 5.91 Å². The van der Waals surface area contributed by atoms with Crippen molar-refractivity contribution in [2.24, 2.45) is 7.05 Å². The fourth-order valence-corrected chi connectivity index (χ4v) is 2.46. The van der Waals surface area contributed by atoms with E-state index in [0.29, 0.717) is 11.4 Å². The van der Waals surface area contributed by atoms with Gasteiger partial charge < -0.3 is 10.1 Å². The maximum absolute atomic E-state index is 12.3. The summed E-state index contributed by atoms with van der Waals surface area (Å²) in [5.41, 5.74) is 4.14. The molecule has 1 amide bonds. The van der Waals surface area contributed by atoms with E-state index >= 15 is 0 Å². The number of rotatable bonds is 5. The minimum Gasteiger partial charge on any atom is -0.471 e. The molecule has 7 nitrogen and oxygen atoms in total. The molecule has 0 saturated carbocycles. The Morgan fingerprint density at radius 1 is 1.24 bits per heavy atom. The van der Waals surface area contributed by atoms with Crippen LogP contribution >= 0.6 is 0 Å². The van der Waals surface area contributed by atoms with Gasteiger partial charge in [0.2, 0.25) is 0 Å². The first-order valence-corrected chi connectivity index (χ1v) is 7.97. The largest absolute Gasteiger partial charge is 0.471 e. The molecule has 7 heteroatoms. The lowest BCUT2D eigenvalue weighted by Crippen LogP contribution is -2.14. The van der Waals surface area contributed by atoms with Gasteiger partial charge in [-0.05, 0) is 38.5 Å². The summed E-state index contributed by atoms with van der Waals surface area (Å²) in [6, 6.07) is 7.66. The van der Waals surface area contributed by atoms with Gasteiger partial charge in [-0.3, -0.25) is 9.48 Å². The van der Waals surface area contributed by atoms with Crippen LogP contribution < -0.4 is 10.1 Å². The second kappa shape index (κ2) is 6.80. The minimum absolute atomic E-state index is 0.239. The van der Waals surface area contributed by atoms with Crippen LogP contribution in [0.25, 0.3) is 0 Å². The second-order valence-corrected chi connectivity index (χ2v) is 6.00. The molecule has 130 valence electrons. The number of hydrogen-bond donors (Lipinski definition) is 1. The third-order valence-electron chi connectivity index (χ3n) is 4.04. The Hall–Kier alpha value is -3.09. The summed E-state index contributed by atoms with van der Waals surface area (Å²) in [6.07, 6.45) is 3.34. The highest BCUT2D eigenvalue weighted by Crippen LogP contribution is 2.19. The number of carbonyl (C=O) groups excluding carboxylic acids is 1. The van der Waals surface area contributed by atoms with E-state index < -0.39 is 0 Å². The normalized spacial score (nSPS) is 10.7. The first-order chi connectivity index (χ1) is 11.9. The number of aromatic nitrogens is 4. The number of nitrogens with zero attached hydrogens (tertiary/aromatic N) is 4. The Kier molecular flexibility index (Phi) is 4.56. The smallest absolute Gasteiger partial charge is 0.276 e. The molecule has 3 aromatic rings. The van der Waals surface area contributed by atoms with E-state index in [1.54, 1.807) is 27.8 Å². The zero-order chi connectivity index (χ0) is 18.0. The minimum atomic E-state index is -0.277. The van der Waals surface area contributed by atoms with Crippen LogP contribution in [0.15, 0.2) is 36.7 Å². The fourth-order valence-electron chi connectivity index (χ4n) is 2.46. The van der Waals surface area contributed by atoms with Gasteiger partial charge in [0.1, 0.15) is 5.75 Å². The summed E-state index contributed by atoms with van der Waals surface area (Å²) in [6.45, 7) is 6.17. The molecular formula is C18H21N5O2. The molecular weight excluding hydrogens is 318 g/mol. The van der Waals surface area contributed by atoms with Crippen molar-refractivity contribution < 1.29 is 9.53 Å². The Morgan fingerprint density at radius 3 is 2.72 bits per heavy atom. The summed E-state index contributed by atoms with van der Waals surface area (Å²) >= 11 is 0. The van der Waals surface area contributed by atoms with Crippen LogP contribution in [0.2, 0.25) is 0 Å². The number of nitrogens with one attached hydrogen (secondary N) is 1. The van der Waals surface area contributed by atoms with Crippen molar-refractivity contribution in [1.29, 1.82) is 0 Å². The Labute approximate surface area is 146 Å². The molecule has 2 heterocycles. The first-order valence-electron chi connectivity index (χ1n) is 7.97. The Bertz CT molecular complexity index is 910. The van der Waals surface area contributed by atoms with Crippen LogP contribution in [-0.2, 0) is 13.8 Å². The third kappa shape index (κ3) is 3.71. The summed E-state index contributed by atoms with van der Waals surface area (Å²) in [5.74, 6) is 0.527. The van der Waals surface area contributed by atoms with Gasteiger partial charge in [-0.15, -0.1) is 0 Å². The van der Waals surface area contributed by atoms with Crippen molar-refractivity contribution in [3.63, 3.8) is 0 Å². The van der Waals surface area contributed by atoms with Crippen LogP contribution in [0, 0.1) is 20.8 Å². The first kappa shape index (κ1) is 16.8. The lowest BCUT2D eigenvalue weighted by Gasteiger charge is -2.09. The topological polar surface area (TPSA) is 74.0 Å². The SMILES string of the molecule is Cc1ccc(OCn2ccc(C(=O)Nc3cnn(C)c3C)n2)c(C)c1. The number of carbonyl (C=O) groups is 1. The van der Waals surface area contributed by atoms with Gasteiger partial charge >= 0.3 is 0 Å². The summed E-state index contributed by atoms with van der Waals surface area (Å²) < 4.78 is 9.06. The molecule has 1 aromatic carbocycles. The van der Waals surface area contributed by atoms with Crippen LogP contribution in [-0.4, -0.2) is 25.5 Å². The Balaban J connectivity index is 1.63. The van der Waals surface area contributed by atoms with E-state index in [1.165, 1.54) is 5.56 Å². The number of aryl methyl sites for hydroxylation is 3. The molecule has 2 aromatic heterocycles. The van der Waals surface area contributed by atoms with E-state index in [0.717, 1.165) is 17.0 Å². The summed E-state index contributed by atoms with van der Waals surface area (Å²) in [5, 5.41) is 11.2. The average molecular weight is 339 g/mol. The molecule has 0 aliphatic carbocycles. The van der Waals surface area contributed by atoms with Crippen LogP contribution in [0.4, 0.5) is 5.69 Å². The molecule has 0 fully saturated rings. The molecule has 0 bridgehead atoms. The van der Waals surface area contributed by atoms with Crippen LogP contribution in [0.5, 0.6) is 5.75 Å². The van der Waals surface area contributed by atoms with Crippen molar-refractivity contribution >= 4 is 11.6 Å². The lowest BCUT2D eigenvalue weighted by molar-refractivity contribution is 0.102. The number of ether oxygens (including phenoxy) is 1. The number of amides is 1. The lowest BCUT2D eigenvalue weighted by atomic mass is 10.1. The molecule has 0 unspecified atom stereocenters. The second-order valence-electron chi connectivity index (χ2n) is 6.00. The molecule has 0 saturated heterocycles. The summed E-state index contributed by atoms with van der Waals surface area (Å²) in [7, 11) is 1.82. The van der Waals surface area contributed by atoms with E-state index in [4.69, 9.17) is 4.74 Å². The zero-order valence-corrected chi connectivity index (χ0v) is 14.8. The monoisotopic (exact) mass is 339 g/mol. The highest BCUT2D eigenvalue weighted by Gasteiger charge is 2.13. The molecule has 0 aliphatic heterocycles. The fraction of sp³-hybridized carbons (Fsp3) is 0.278. The highest BCUT2D eigenvalue weighted by molar-refractivity contribution is 6.03. The molecule has 1 N–H and O–H groups in total. The molecule has 3 rings (SSSR count). The standard InChI is InChI=1S/C18H21N5O2/c1-12-5-6-17(13(2)9-12)25-11-23-8-7-15(21-23)18(24)20-16-10-19-22(4)14(16)3/h5-10H,11H2,1-4H3,(H,20,24). The van der Waals surface area contributed by atoms with E-state index in [2.05, 4.69) is 21.6 Å². The predicted octanol–water partition coefficient (Wildman–Crippen LogP) is 2.83. The van der Waals surface area contributed by atoms with E-state index in [9.17, 15) is 4.79 Å². The average Bonchev–Trinajstić information content (AvgIpc) is 3.16. The van der Waals surface area contributed by atoms with Crippen molar-refractivity contribution in [2.45, 2.75) is 27.5 Å². The van der Waals surface area contributed by atoms with Crippen molar-refractivity contribution in [3.8, 4) is 5.75 Å². The van der Waals surface area contributed by atoms with Crippen molar-refractivity contribution in [1.82, 2.24) is 19.6 Å². The zero-order valence-electron chi connectivity index (χ0n) is 14.8. The van der Waals surface area contributed by atoms with Gasteiger partial charge in [0, 0.05) is 13.2 Å². The number of anilines is 1. The van der Waals surface area contributed by atoms with Gasteiger partial charge in [-0.25, -0.2) is 4.68 Å². The van der Waals surface area contributed by atoms with Gasteiger partial charge in [0.15, 0.2) is 12.4 Å². The summed E-state index contributed by atoms with van der Waals surface area (Å²) in [4.78, 5) is 12.3. The highest BCUT2D eigenvalue weighted by atomic mass is 16.5. The third-order valence-corrected chi connectivity index (χ3v) is 4.04. The number of benzene rings is 1. The molecule has 0 spiro atoms. The molecule has 0 aliphatic rings. The molecule has 25 heavy (non-hydrogen) atoms. The molecule has 0 radical (unpaired) electrons. The van der Waals surface area contributed by atoms with Gasteiger partial charge in [-0.1, -0.05) is 17.7 Å². The molecule has 0 atom stereocenters. The quantitative estimate of drug-likeness (QED) is 0.776. The van der Waals surface area contributed by atoms with Crippen molar-refractivity contribution in [3.05, 3.63) is 59.2 Å². The predicted molar refractivity (Wildman–Crippen MR) is 94.7 cm³/mol. The maximum Gasteiger partial charge on any atom is 0.276 e. The maximum atomic E-state index is 12.3. The van der Waals surface area contributed by atoms with E-state index in [-0.39, 0.29) is 12.6 Å². The number of hydrogen-bond acceptors (Lipinski definition) is 4.